The molecule has 2 rings (SSSR count). The molecule has 2 heteroatoms. The van der Waals surface area contributed by atoms with E-state index in [-0.39, 0.29) is 0 Å². The molecule has 0 aliphatic heterocycles. The molecular weight excluding hydrogens is 186 g/mol. The Morgan fingerprint density at radius 2 is 1.93 bits per heavy atom. The fourth-order valence-corrected chi connectivity index (χ4v) is 2.31. The number of rotatable bonds is 3. The van der Waals surface area contributed by atoms with E-state index >= 15 is 0 Å². The Kier molecular flexibility index (Phi) is 3.84. The van der Waals surface area contributed by atoms with Gasteiger partial charge in [-0.1, -0.05) is 25.7 Å². The number of hydrogen-bond donors (Lipinski definition) is 1. The summed E-state index contributed by atoms with van der Waals surface area (Å²) in [6.45, 7) is 2.88. The van der Waals surface area contributed by atoms with Crippen molar-refractivity contribution in [2.45, 2.75) is 58.0 Å². The maximum absolute atomic E-state index is 5.54. The van der Waals surface area contributed by atoms with E-state index in [0.717, 1.165) is 18.1 Å². The molecule has 0 bridgehead atoms. The van der Waals surface area contributed by atoms with Crippen LogP contribution in [-0.4, -0.2) is 6.04 Å². The molecular formula is C13H21NO. The average molecular weight is 207 g/mol. The van der Waals surface area contributed by atoms with Gasteiger partial charge in [-0.25, -0.2) is 0 Å². The van der Waals surface area contributed by atoms with Crippen molar-refractivity contribution in [1.29, 1.82) is 0 Å². The standard InChI is InChI=1S/C13H21NO/c1-11-8-9-13(15-11)10-14-12-6-4-2-3-5-7-12/h8-9,12,14H,2-7,10H2,1H3. The van der Waals surface area contributed by atoms with Gasteiger partial charge >= 0.3 is 0 Å². The maximum atomic E-state index is 5.54. The first-order chi connectivity index (χ1) is 7.34. The number of nitrogens with one attached hydrogen (secondary N) is 1. The highest BCUT2D eigenvalue weighted by molar-refractivity contribution is 5.05. The summed E-state index contributed by atoms with van der Waals surface area (Å²) < 4.78 is 5.54. The van der Waals surface area contributed by atoms with Gasteiger partial charge in [-0.2, -0.15) is 0 Å². The molecule has 0 radical (unpaired) electrons. The van der Waals surface area contributed by atoms with Crippen LogP contribution in [0.1, 0.15) is 50.0 Å². The quantitative estimate of drug-likeness (QED) is 0.768. The molecule has 0 saturated heterocycles. The molecule has 1 aliphatic carbocycles. The van der Waals surface area contributed by atoms with Crippen molar-refractivity contribution in [2.75, 3.05) is 0 Å². The van der Waals surface area contributed by atoms with Gasteiger partial charge in [-0.15, -0.1) is 0 Å². The molecule has 0 spiro atoms. The number of hydrogen-bond acceptors (Lipinski definition) is 2. The zero-order valence-electron chi connectivity index (χ0n) is 9.59. The summed E-state index contributed by atoms with van der Waals surface area (Å²) in [6.07, 6.45) is 8.26. The Morgan fingerprint density at radius 1 is 1.20 bits per heavy atom. The fraction of sp³-hybridized carbons (Fsp3) is 0.692. The summed E-state index contributed by atoms with van der Waals surface area (Å²) in [6, 6.07) is 4.81. The lowest BCUT2D eigenvalue weighted by Gasteiger charge is -2.14. The largest absolute Gasteiger partial charge is 0.465 e. The molecule has 15 heavy (non-hydrogen) atoms. The minimum atomic E-state index is 0.706. The Bertz CT molecular complexity index is 284. The number of aryl methyl sites for hydroxylation is 1. The second-order valence-corrected chi connectivity index (χ2v) is 4.58. The Balaban J connectivity index is 1.76. The van der Waals surface area contributed by atoms with Crippen molar-refractivity contribution < 1.29 is 4.42 Å². The third kappa shape index (κ3) is 3.38. The zero-order chi connectivity index (χ0) is 10.5. The molecule has 1 N–H and O–H groups in total. The topological polar surface area (TPSA) is 25.2 Å². The van der Waals surface area contributed by atoms with E-state index in [2.05, 4.69) is 11.4 Å². The van der Waals surface area contributed by atoms with Crippen molar-refractivity contribution in [1.82, 2.24) is 5.32 Å². The lowest BCUT2D eigenvalue weighted by atomic mass is 10.1. The zero-order valence-corrected chi connectivity index (χ0v) is 9.59. The van der Waals surface area contributed by atoms with Crippen LogP contribution in [0.4, 0.5) is 0 Å². The summed E-state index contributed by atoms with van der Waals surface area (Å²) in [5, 5.41) is 3.60. The van der Waals surface area contributed by atoms with E-state index in [1.165, 1.54) is 38.5 Å². The lowest BCUT2D eigenvalue weighted by Crippen LogP contribution is -2.27. The highest BCUT2D eigenvalue weighted by Gasteiger charge is 2.11. The van der Waals surface area contributed by atoms with Crippen molar-refractivity contribution in [3.8, 4) is 0 Å². The summed E-state index contributed by atoms with van der Waals surface area (Å²) in [5.41, 5.74) is 0. The molecule has 1 aromatic heterocycles. The van der Waals surface area contributed by atoms with Crippen LogP contribution in [0.15, 0.2) is 16.5 Å². The molecule has 0 unspecified atom stereocenters. The monoisotopic (exact) mass is 207 g/mol. The van der Waals surface area contributed by atoms with E-state index in [4.69, 9.17) is 4.42 Å². The van der Waals surface area contributed by atoms with Crippen LogP contribution in [0.3, 0.4) is 0 Å². The van der Waals surface area contributed by atoms with Crippen molar-refractivity contribution in [3.05, 3.63) is 23.7 Å². The highest BCUT2D eigenvalue weighted by atomic mass is 16.3. The predicted octanol–water partition coefficient (Wildman–Crippen LogP) is 3.40. The fourth-order valence-electron chi connectivity index (χ4n) is 2.31. The lowest BCUT2D eigenvalue weighted by molar-refractivity contribution is 0.408. The van der Waals surface area contributed by atoms with Gasteiger partial charge in [-0.3, -0.25) is 0 Å². The first kappa shape index (κ1) is 10.7. The minimum Gasteiger partial charge on any atom is -0.465 e. The van der Waals surface area contributed by atoms with Gasteiger partial charge in [0.25, 0.3) is 0 Å². The van der Waals surface area contributed by atoms with Crippen LogP contribution < -0.4 is 5.32 Å². The summed E-state index contributed by atoms with van der Waals surface area (Å²) in [5.74, 6) is 2.07. The molecule has 1 fully saturated rings. The summed E-state index contributed by atoms with van der Waals surface area (Å²) >= 11 is 0. The Labute approximate surface area is 92.1 Å². The molecule has 1 aliphatic rings. The van der Waals surface area contributed by atoms with Crippen LogP contribution >= 0.6 is 0 Å². The second-order valence-electron chi connectivity index (χ2n) is 4.58. The van der Waals surface area contributed by atoms with Gasteiger partial charge in [-0.05, 0) is 31.9 Å². The SMILES string of the molecule is Cc1ccc(CNC2CCCCCC2)o1. The molecule has 2 nitrogen and oxygen atoms in total. The van der Waals surface area contributed by atoms with Crippen LogP contribution in [0.2, 0.25) is 0 Å². The normalized spacial score (nSPS) is 19.0. The molecule has 0 amide bonds. The molecule has 0 atom stereocenters. The Morgan fingerprint density at radius 3 is 2.53 bits per heavy atom. The van der Waals surface area contributed by atoms with Crippen LogP contribution in [-0.2, 0) is 6.54 Å². The van der Waals surface area contributed by atoms with Gasteiger partial charge in [0.2, 0.25) is 0 Å². The van der Waals surface area contributed by atoms with E-state index < -0.39 is 0 Å². The average Bonchev–Trinajstić information content (AvgIpc) is 2.52. The van der Waals surface area contributed by atoms with Gasteiger partial charge < -0.3 is 9.73 Å². The number of furan rings is 1. The minimum absolute atomic E-state index is 0.706. The molecule has 1 heterocycles. The van der Waals surface area contributed by atoms with Crippen molar-refractivity contribution in [3.63, 3.8) is 0 Å². The van der Waals surface area contributed by atoms with Crippen molar-refractivity contribution >= 4 is 0 Å². The third-order valence-electron chi connectivity index (χ3n) is 3.22. The highest BCUT2D eigenvalue weighted by Crippen LogP contribution is 2.17. The summed E-state index contributed by atoms with van der Waals surface area (Å²) in [4.78, 5) is 0. The maximum Gasteiger partial charge on any atom is 0.117 e. The van der Waals surface area contributed by atoms with Crippen LogP contribution in [0.25, 0.3) is 0 Å². The molecule has 0 aromatic carbocycles. The molecule has 84 valence electrons. The smallest absolute Gasteiger partial charge is 0.117 e. The van der Waals surface area contributed by atoms with Crippen LogP contribution in [0, 0.1) is 6.92 Å². The molecule has 1 aromatic rings. The van der Waals surface area contributed by atoms with Gasteiger partial charge in [0.15, 0.2) is 0 Å². The van der Waals surface area contributed by atoms with E-state index in [9.17, 15) is 0 Å². The van der Waals surface area contributed by atoms with Crippen LogP contribution in [0.5, 0.6) is 0 Å². The van der Waals surface area contributed by atoms with E-state index in [1.807, 2.05) is 13.0 Å². The van der Waals surface area contributed by atoms with Gasteiger partial charge in [0.05, 0.1) is 6.54 Å². The second kappa shape index (κ2) is 5.36. The third-order valence-corrected chi connectivity index (χ3v) is 3.22. The summed E-state index contributed by atoms with van der Waals surface area (Å²) in [7, 11) is 0. The van der Waals surface area contributed by atoms with E-state index in [1.54, 1.807) is 0 Å². The Hall–Kier alpha value is -0.760. The van der Waals surface area contributed by atoms with E-state index in [0.29, 0.717) is 6.04 Å². The predicted molar refractivity (Wildman–Crippen MR) is 61.8 cm³/mol. The first-order valence-electron chi connectivity index (χ1n) is 6.13. The molecule has 1 saturated carbocycles. The first-order valence-corrected chi connectivity index (χ1v) is 6.13. The van der Waals surface area contributed by atoms with Gasteiger partial charge in [0, 0.05) is 6.04 Å². The van der Waals surface area contributed by atoms with Gasteiger partial charge in [0.1, 0.15) is 11.5 Å². The van der Waals surface area contributed by atoms with Crippen molar-refractivity contribution in [2.24, 2.45) is 0 Å².